The molecule has 2 heterocycles. The fraction of sp³-hybridized carbons (Fsp3) is 0.200. The predicted octanol–water partition coefficient (Wildman–Crippen LogP) is 4.69. The summed E-state index contributed by atoms with van der Waals surface area (Å²) in [4.78, 5) is 26.5. The number of anilines is 1. The molecule has 2 aliphatic rings. The lowest BCUT2D eigenvalue weighted by Crippen LogP contribution is -2.37. The minimum absolute atomic E-state index is 0.0186. The number of nitrogens with zero attached hydrogens (tertiary/aromatic N) is 1. The Balaban J connectivity index is 1.77. The summed E-state index contributed by atoms with van der Waals surface area (Å²) in [7, 11) is 0. The van der Waals surface area contributed by atoms with Gasteiger partial charge in [-0.05, 0) is 42.0 Å². The highest BCUT2D eigenvalue weighted by atomic mass is 35.5. The maximum absolute atomic E-state index is 12.9. The van der Waals surface area contributed by atoms with Crippen molar-refractivity contribution >= 4 is 29.2 Å². The van der Waals surface area contributed by atoms with Gasteiger partial charge in [0.25, 0.3) is 0 Å². The van der Waals surface area contributed by atoms with Crippen LogP contribution in [0.3, 0.4) is 0 Å². The Morgan fingerprint density at radius 2 is 1.79 bits per heavy atom. The standard InChI is InChI=1S/C20H13ClF3NO3/c21-13-3-1-2-11(8-13)15-9-17(26)25(16-10-28-19(27)18(15)16)14-6-4-12(5-7-14)20(22,23)24/h1-8,15H,9-10H2/t15-/m1/s1. The highest BCUT2D eigenvalue weighted by Gasteiger charge is 2.43. The number of benzene rings is 2. The second-order valence-corrected chi connectivity index (χ2v) is 6.96. The van der Waals surface area contributed by atoms with Gasteiger partial charge in [0.05, 0.1) is 16.8 Å². The molecule has 2 aromatic rings. The normalized spacial score (nSPS) is 19.7. The number of alkyl halides is 3. The van der Waals surface area contributed by atoms with Crippen LogP contribution in [-0.2, 0) is 20.5 Å². The van der Waals surface area contributed by atoms with Crippen LogP contribution in [0, 0.1) is 0 Å². The summed E-state index contributed by atoms with van der Waals surface area (Å²) in [6.45, 7) is -0.113. The first-order valence-electron chi connectivity index (χ1n) is 8.41. The number of esters is 1. The van der Waals surface area contributed by atoms with Crippen LogP contribution in [0.15, 0.2) is 59.8 Å². The van der Waals surface area contributed by atoms with Gasteiger partial charge in [-0.15, -0.1) is 0 Å². The molecule has 0 aliphatic carbocycles. The lowest BCUT2D eigenvalue weighted by molar-refractivity contribution is -0.138. The Kier molecular flexibility index (Phi) is 4.42. The smallest absolute Gasteiger partial charge is 0.416 e. The van der Waals surface area contributed by atoms with E-state index in [1.807, 2.05) is 0 Å². The first-order valence-corrected chi connectivity index (χ1v) is 8.79. The van der Waals surface area contributed by atoms with Gasteiger partial charge in [-0.3, -0.25) is 9.69 Å². The highest BCUT2D eigenvalue weighted by Crippen LogP contribution is 2.42. The molecule has 1 amide bonds. The third-order valence-electron chi connectivity index (χ3n) is 4.82. The van der Waals surface area contributed by atoms with E-state index in [-0.39, 0.29) is 24.6 Å². The molecule has 144 valence electrons. The van der Waals surface area contributed by atoms with Gasteiger partial charge in [-0.25, -0.2) is 4.79 Å². The fourth-order valence-corrected chi connectivity index (χ4v) is 3.76. The van der Waals surface area contributed by atoms with E-state index < -0.39 is 23.6 Å². The molecule has 2 aliphatic heterocycles. The van der Waals surface area contributed by atoms with Crippen molar-refractivity contribution in [1.29, 1.82) is 0 Å². The fourth-order valence-electron chi connectivity index (χ4n) is 3.56. The molecule has 28 heavy (non-hydrogen) atoms. The SMILES string of the molecule is O=C1OCC2=C1[C@@H](c1cccc(Cl)c1)CC(=O)N2c1ccc(C(F)(F)F)cc1. The van der Waals surface area contributed by atoms with Crippen molar-refractivity contribution in [1.82, 2.24) is 0 Å². The van der Waals surface area contributed by atoms with Gasteiger partial charge in [0, 0.05) is 23.0 Å². The van der Waals surface area contributed by atoms with E-state index in [0.29, 0.717) is 21.9 Å². The highest BCUT2D eigenvalue weighted by molar-refractivity contribution is 6.30. The second-order valence-electron chi connectivity index (χ2n) is 6.52. The monoisotopic (exact) mass is 407 g/mol. The molecule has 0 bridgehead atoms. The largest absolute Gasteiger partial charge is 0.456 e. The van der Waals surface area contributed by atoms with E-state index in [1.165, 1.54) is 17.0 Å². The van der Waals surface area contributed by atoms with Gasteiger partial charge >= 0.3 is 12.1 Å². The summed E-state index contributed by atoms with van der Waals surface area (Å²) in [6.07, 6.45) is -4.49. The number of hydrogen-bond acceptors (Lipinski definition) is 3. The zero-order chi connectivity index (χ0) is 20.1. The van der Waals surface area contributed by atoms with Crippen LogP contribution >= 0.6 is 11.6 Å². The molecule has 0 aromatic heterocycles. The third kappa shape index (κ3) is 3.16. The van der Waals surface area contributed by atoms with E-state index in [2.05, 4.69) is 0 Å². The molecule has 4 nitrogen and oxygen atoms in total. The summed E-state index contributed by atoms with van der Waals surface area (Å²) in [5.41, 5.74) is 0.839. The third-order valence-corrected chi connectivity index (χ3v) is 5.06. The molecule has 0 radical (unpaired) electrons. The summed E-state index contributed by atoms with van der Waals surface area (Å²) >= 11 is 6.04. The summed E-state index contributed by atoms with van der Waals surface area (Å²) in [5.74, 6) is -1.38. The van der Waals surface area contributed by atoms with Crippen molar-refractivity contribution in [3.05, 3.63) is 76.0 Å². The topological polar surface area (TPSA) is 46.6 Å². The maximum Gasteiger partial charge on any atom is 0.416 e. The van der Waals surface area contributed by atoms with E-state index in [0.717, 1.165) is 12.1 Å². The molecule has 0 saturated heterocycles. The molecule has 0 spiro atoms. The summed E-state index contributed by atoms with van der Waals surface area (Å²) in [6, 6.07) is 11.1. The summed E-state index contributed by atoms with van der Waals surface area (Å²) in [5, 5.41) is 0.476. The first-order chi connectivity index (χ1) is 13.3. The van der Waals surface area contributed by atoms with Crippen LogP contribution in [0.25, 0.3) is 0 Å². The molecule has 0 unspecified atom stereocenters. The molecule has 0 saturated carbocycles. The maximum atomic E-state index is 12.9. The van der Waals surface area contributed by atoms with Crippen LogP contribution in [-0.4, -0.2) is 18.5 Å². The number of cyclic esters (lactones) is 1. The lowest BCUT2D eigenvalue weighted by atomic mass is 9.84. The van der Waals surface area contributed by atoms with E-state index in [9.17, 15) is 22.8 Å². The Hall–Kier alpha value is -2.80. The number of rotatable bonds is 2. The molecule has 0 N–H and O–H groups in total. The van der Waals surface area contributed by atoms with Gasteiger partial charge in [0.15, 0.2) is 0 Å². The van der Waals surface area contributed by atoms with Crippen molar-refractivity contribution in [2.45, 2.75) is 18.5 Å². The van der Waals surface area contributed by atoms with Gasteiger partial charge in [-0.2, -0.15) is 13.2 Å². The molecule has 1 atom stereocenters. The Morgan fingerprint density at radius 1 is 1.07 bits per heavy atom. The average Bonchev–Trinajstić information content (AvgIpc) is 3.02. The Morgan fingerprint density at radius 3 is 2.43 bits per heavy atom. The van der Waals surface area contributed by atoms with Crippen LogP contribution in [0.2, 0.25) is 5.02 Å². The molecule has 8 heteroatoms. The van der Waals surface area contributed by atoms with Crippen molar-refractivity contribution in [2.75, 3.05) is 11.5 Å². The van der Waals surface area contributed by atoms with Crippen LogP contribution < -0.4 is 4.90 Å². The van der Waals surface area contributed by atoms with E-state index >= 15 is 0 Å². The number of carbonyl (C=O) groups excluding carboxylic acids is 2. The minimum Gasteiger partial charge on any atom is -0.456 e. The zero-order valence-corrected chi connectivity index (χ0v) is 15.1. The van der Waals surface area contributed by atoms with Gasteiger partial charge in [0.2, 0.25) is 5.91 Å². The number of halogens is 4. The van der Waals surface area contributed by atoms with E-state index in [4.69, 9.17) is 16.3 Å². The van der Waals surface area contributed by atoms with Crippen molar-refractivity contribution in [3.63, 3.8) is 0 Å². The molecular formula is C20H13ClF3NO3. The Bertz CT molecular complexity index is 999. The summed E-state index contributed by atoms with van der Waals surface area (Å²) < 4.78 is 43.6. The van der Waals surface area contributed by atoms with Crippen molar-refractivity contribution in [2.24, 2.45) is 0 Å². The van der Waals surface area contributed by atoms with Crippen LogP contribution in [0.4, 0.5) is 18.9 Å². The molecule has 0 fully saturated rings. The van der Waals surface area contributed by atoms with E-state index in [1.54, 1.807) is 24.3 Å². The Labute approximate surface area is 163 Å². The number of amides is 1. The van der Waals surface area contributed by atoms with Crippen molar-refractivity contribution < 1.29 is 27.5 Å². The minimum atomic E-state index is -4.47. The average molecular weight is 408 g/mol. The van der Waals surface area contributed by atoms with Crippen molar-refractivity contribution in [3.8, 4) is 0 Å². The van der Waals surface area contributed by atoms with Crippen LogP contribution in [0.5, 0.6) is 0 Å². The number of carbonyl (C=O) groups is 2. The molecule has 4 rings (SSSR count). The molecular weight excluding hydrogens is 395 g/mol. The lowest BCUT2D eigenvalue weighted by Gasteiger charge is -2.32. The number of ether oxygens (including phenoxy) is 1. The first kappa shape index (κ1) is 18.6. The zero-order valence-electron chi connectivity index (χ0n) is 14.3. The van der Waals surface area contributed by atoms with Crippen LogP contribution in [0.1, 0.15) is 23.5 Å². The van der Waals surface area contributed by atoms with Gasteiger partial charge in [-0.1, -0.05) is 23.7 Å². The predicted molar refractivity (Wildman–Crippen MR) is 95.7 cm³/mol. The second kappa shape index (κ2) is 6.67. The number of hydrogen-bond donors (Lipinski definition) is 0. The molecule has 2 aromatic carbocycles. The van der Waals surface area contributed by atoms with Gasteiger partial charge < -0.3 is 4.74 Å². The van der Waals surface area contributed by atoms with Gasteiger partial charge in [0.1, 0.15) is 6.61 Å². The quantitative estimate of drug-likeness (QED) is 0.678.